The van der Waals surface area contributed by atoms with Gasteiger partial charge in [0.15, 0.2) is 5.78 Å². The number of alkyl halides is 3. The molecule has 0 spiro atoms. The van der Waals surface area contributed by atoms with Crippen LogP contribution in [0.3, 0.4) is 0 Å². The maximum atomic E-state index is 13.2. The molecule has 21 heavy (non-hydrogen) atoms. The van der Waals surface area contributed by atoms with Crippen molar-refractivity contribution in [3.63, 3.8) is 0 Å². The van der Waals surface area contributed by atoms with E-state index in [1.54, 1.807) is 24.5 Å². The van der Waals surface area contributed by atoms with E-state index in [0.29, 0.717) is 22.6 Å². The molecule has 0 radical (unpaired) electrons. The third-order valence-corrected chi connectivity index (χ3v) is 3.68. The Bertz CT molecular complexity index is 680. The van der Waals surface area contributed by atoms with Crippen molar-refractivity contribution in [2.45, 2.75) is 11.1 Å². The molecule has 0 amide bonds. The number of hydrogen-bond donors (Lipinski definition) is 0. The largest absolute Gasteiger partial charge is 0.419 e. The Hall–Kier alpha value is -1.82. The number of rotatable bonds is 3. The Morgan fingerprint density at radius 3 is 2.38 bits per heavy atom. The van der Waals surface area contributed by atoms with Crippen molar-refractivity contribution in [2.24, 2.45) is 0 Å². The van der Waals surface area contributed by atoms with Crippen LogP contribution >= 0.6 is 11.8 Å². The summed E-state index contributed by atoms with van der Waals surface area (Å²) in [5.74, 6) is -1.96. The zero-order valence-corrected chi connectivity index (χ0v) is 11.7. The van der Waals surface area contributed by atoms with Crippen molar-refractivity contribution in [3.05, 3.63) is 65.0 Å². The fourth-order valence-electron chi connectivity index (χ4n) is 1.87. The molecule has 0 aliphatic carbocycles. The first-order chi connectivity index (χ1) is 9.84. The van der Waals surface area contributed by atoms with Crippen LogP contribution in [0.2, 0.25) is 0 Å². The van der Waals surface area contributed by atoms with Crippen LogP contribution in [0.1, 0.15) is 21.5 Å². The molecular weight excluding hydrogens is 304 g/mol. The highest BCUT2D eigenvalue weighted by molar-refractivity contribution is 7.98. The highest BCUT2D eigenvalue weighted by Crippen LogP contribution is 2.32. The summed E-state index contributed by atoms with van der Waals surface area (Å²) in [7, 11) is 0. The molecule has 2 aromatic carbocycles. The maximum Gasteiger partial charge on any atom is 0.419 e. The van der Waals surface area contributed by atoms with Crippen LogP contribution in [0.15, 0.2) is 47.4 Å². The molecule has 0 saturated carbocycles. The first-order valence-electron chi connectivity index (χ1n) is 5.89. The number of halogens is 4. The monoisotopic (exact) mass is 314 g/mol. The zero-order valence-electron chi connectivity index (χ0n) is 10.9. The lowest BCUT2D eigenvalue weighted by molar-refractivity contribution is -0.140. The van der Waals surface area contributed by atoms with Gasteiger partial charge in [-0.2, -0.15) is 13.2 Å². The number of carbonyl (C=O) groups is 1. The summed E-state index contributed by atoms with van der Waals surface area (Å²) in [5, 5.41) is 0. The molecule has 2 aromatic rings. The van der Waals surface area contributed by atoms with Crippen molar-refractivity contribution in [1.82, 2.24) is 0 Å². The van der Waals surface area contributed by atoms with Gasteiger partial charge in [0.25, 0.3) is 0 Å². The fourth-order valence-corrected chi connectivity index (χ4v) is 2.47. The van der Waals surface area contributed by atoms with Gasteiger partial charge in [0.1, 0.15) is 5.82 Å². The second-order valence-corrected chi connectivity index (χ2v) is 5.07. The second-order valence-electron chi connectivity index (χ2n) is 4.22. The minimum Gasteiger partial charge on any atom is -0.289 e. The number of carbonyl (C=O) groups excluding carboxylic acids is 1. The predicted molar refractivity (Wildman–Crippen MR) is 73.1 cm³/mol. The summed E-state index contributed by atoms with van der Waals surface area (Å²) in [6.45, 7) is 0. The molecule has 0 bridgehead atoms. The standard InChI is InChI=1S/C15H10F4OS/c1-21-13-5-3-2-4-10(13)14(20)9-6-7-12(16)11(8-9)15(17,18)19/h2-8H,1H3. The Labute approximate surface area is 123 Å². The first kappa shape index (κ1) is 15.6. The number of ketones is 1. The van der Waals surface area contributed by atoms with Gasteiger partial charge in [0.2, 0.25) is 0 Å². The van der Waals surface area contributed by atoms with Crippen LogP contribution in [0.25, 0.3) is 0 Å². The SMILES string of the molecule is CSc1ccccc1C(=O)c1ccc(F)c(C(F)(F)F)c1. The summed E-state index contributed by atoms with van der Waals surface area (Å²) >= 11 is 1.31. The molecule has 0 unspecified atom stereocenters. The van der Waals surface area contributed by atoms with E-state index < -0.39 is 23.3 Å². The van der Waals surface area contributed by atoms with E-state index in [-0.39, 0.29) is 5.56 Å². The molecule has 0 aliphatic rings. The summed E-state index contributed by atoms with van der Waals surface area (Å²) in [4.78, 5) is 13.0. The summed E-state index contributed by atoms with van der Waals surface area (Å²) in [6, 6.07) is 8.86. The smallest absolute Gasteiger partial charge is 0.289 e. The van der Waals surface area contributed by atoms with Gasteiger partial charge in [-0.1, -0.05) is 12.1 Å². The van der Waals surface area contributed by atoms with Gasteiger partial charge in [-0.3, -0.25) is 4.79 Å². The van der Waals surface area contributed by atoms with Crippen molar-refractivity contribution < 1.29 is 22.4 Å². The average Bonchev–Trinajstić information content (AvgIpc) is 2.45. The van der Waals surface area contributed by atoms with Gasteiger partial charge in [-0.25, -0.2) is 4.39 Å². The molecule has 0 aliphatic heterocycles. The molecule has 0 heterocycles. The lowest BCUT2D eigenvalue weighted by Crippen LogP contribution is -2.11. The number of benzene rings is 2. The highest BCUT2D eigenvalue weighted by atomic mass is 32.2. The van der Waals surface area contributed by atoms with Crippen LogP contribution < -0.4 is 0 Å². The molecule has 0 atom stereocenters. The Morgan fingerprint density at radius 2 is 1.76 bits per heavy atom. The topological polar surface area (TPSA) is 17.1 Å². The van der Waals surface area contributed by atoms with Gasteiger partial charge in [0.05, 0.1) is 5.56 Å². The van der Waals surface area contributed by atoms with Gasteiger partial charge in [-0.05, 0) is 36.6 Å². The van der Waals surface area contributed by atoms with Gasteiger partial charge >= 0.3 is 6.18 Å². The molecule has 0 N–H and O–H groups in total. The quantitative estimate of drug-likeness (QED) is 0.460. The van der Waals surface area contributed by atoms with Crippen LogP contribution in [0.4, 0.5) is 17.6 Å². The highest BCUT2D eigenvalue weighted by Gasteiger charge is 2.34. The van der Waals surface area contributed by atoms with E-state index in [0.717, 1.165) is 6.07 Å². The molecule has 0 fully saturated rings. The fraction of sp³-hybridized carbons (Fsp3) is 0.133. The van der Waals surface area contributed by atoms with Crippen molar-refractivity contribution in [1.29, 1.82) is 0 Å². The summed E-state index contributed by atoms with van der Waals surface area (Å²) in [5.41, 5.74) is -1.33. The predicted octanol–water partition coefficient (Wildman–Crippen LogP) is 4.80. The van der Waals surface area contributed by atoms with E-state index >= 15 is 0 Å². The second kappa shape index (κ2) is 5.89. The Kier molecular flexibility index (Phi) is 4.37. The molecule has 1 nitrogen and oxygen atoms in total. The lowest BCUT2D eigenvalue weighted by Gasteiger charge is -2.11. The van der Waals surface area contributed by atoms with Crippen molar-refractivity contribution in [2.75, 3.05) is 6.26 Å². The molecule has 0 aromatic heterocycles. The van der Waals surface area contributed by atoms with Crippen molar-refractivity contribution in [3.8, 4) is 0 Å². The van der Waals surface area contributed by atoms with Crippen LogP contribution in [-0.2, 0) is 6.18 Å². The Morgan fingerprint density at radius 1 is 1.10 bits per heavy atom. The van der Waals surface area contributed by atoms with Crippen LogP contribution in [0.5, 0.6) is 0 Å². The van der Waals surface area contributed by atoms with Gasteiger partial charge in [-0.15, -0.1) is 11.8 Å². The maximum absolute atomic E-state index is 13.2. The molecule has 2 rings (SSSR count). The van der Waals surface area contributed by atoms with Crippen molar-refractivity contribution >= 4 is 17.5 Å². The molecule has 6 heteroatoms. The molecule has 110 valence electrons. The molecule has 0 saturated heterocycles. The zero-order chi connectivity index (χ0) is 15.6. The number of hydrogen-bond acceptors (Lipinski definition) is 2. The van der Waals surface area contributed by atoms with E-state index in [4.69, 9.17) is 0 Å². The minimum atomic E-state index is -4.83. The third-order valence-electron chi connectivity index (χ3n) is 2.89. The number of thioether (sulfide) groups is 1. The summed E-state index contributed by atoms with van der Waals surface area (Å²) < 4.78 is 51.3. The van der Waals surface area contributed by atoms with E-state index in [1.165, 1.54) is 17.8 Å². The van der Waals surface area contributed by atoms with Gasteiger partial charge < -0.3 is 0 Å². The normalized spacial score (nSPS) is 11.5. The molecular formula is C15H10F4OS. The van der Waals surface area contributed by atoms with E-state index in [9.17, 15) is 22.4 Å². The van der Waals surface area contributed by atoms with Gasteiger partial charge in [0, 0.05) is 16.0 Å². The summed E-state index contributed by atoms with van der Waals surface area (Å²) in [6.07, 6.45) is -3.07. The van der Waals surface area contributed by atoms with Crippen LogP contribution in [0, 0.1) is 5.82 Å². The third kappa shape index (κ3) is 3.26. The minimum absolute atomic E-state index is 0.190. The first-order valence-corrected chi connectivity index (χ1v) is 7.11. The van der Waals surface area contributed by atoms with Crippen LogP contribution in [-0.4, -0.2) is 12.0 Å². The average molecular weight is 314 g/mol. The lowest BCUT2D eigenvalue weighted by atomic mass is 10.0. The van der Waals surface area contributed by atoms with E-state index in [2.05, 4.69) is 0 Å². The van der Waals surface area contributed by atoms with E-state index in [1.807, 2.05) is 0 Å². The Balaban J connectivity index is 2.50.